The van der Waals surface area contributed by atoms with E-state index in [1.165, 1.54) is 43.7 Å². The van der Waals surface area contributed by atoms with Crippen LogP contribution >= 0.6 is 22.9 Å². The molecule has 4 rings (SSSR count). The first-order valence-corrected chi connectivity index (χ1v) is 11.9. The SMILES string of the molecule is Cc1nc(-c2cccc(Cl)c2)sc1C(=O)N1CCCC(CN2CCC(C)CC2)C1. The van der Waals surface area contributed by atoms with Gasteiger partial charge in [0.25, 0.3) is 5.91 Å². The number of aryl methyl sites for hydroxylation is 1. The summed E-state index contributed by atoms with van der Waals surface area (Å²) in [6.07, 6.45) is 4.94. The van der Waals surface area contributed by atoms with Gasteiger partial charge in [0.15, 0.2) is 0 Å². The summed E-state index contributed by atoms with van der Waals surface area (Å²) in [7, 11) is 0. The maximum atomic E-state index is 13.3. The van der Waals surface area contributed by atoms with Crippen LogP contribution in [0.3, 0.4) is 0 Å². The van der Waals surface area contributed by atoms with Crippen LogP contribution in [0.25, 0.3) is 10.6 Å². The van der Waals surface area contributed by atoms with E-state index in [0.717, 1.165) is 53.1 Å². The van der Waals surface area contributed by atoms with Gasteiger partial charge in [-0.2, -0.15) is 0 Å². The second-order valence-corrected chi connectivity index (χ2v) is 10.1. The zero-order chi connectivity index (χ0) is 20.4. The number of benzene rings is 1. The summed E-state index contributed by atoms with van der Waals surface area (Å²) in [5.74, 6) is 1.59. The van der Waals surface area contributed by atoms with Gasteiger partial charge in [-0.15, -0.1) is 11.3 Å². The average Bonchev–Trinajstić information content (AvgIpc) is 3.11. The Morgan fingerprint density at radius 3 is 2.79 bits per heavy atom. The number of halogens is 1. The number of amides is 1. The molecule has 2 aliphatic heterocycles. The van der Waals surface area contributed by atoms with Crippen LogP contribution in [-0.4, -0.2) is 53.4 Å². The van der Waals surface area contributed by atoms with Crippen LogP contribution in [0, 0.1) is 18.8 Å². The minimum absolute atomic E-state index is 0.144. The second kappa shape index (κ2) is 9.15. The van der Waals surface area contributed by atoms with E-state index in [4.69, 9.17) is 11.6 Å². The molecule has 0 bridgehead atoms. The Kier molecular flexibility index (Phi) is 6.57. The fourth-order valence-electron chi connectivity index (χ4n) is 4.49. The minimum atomic E-state index is 0.144. The lowest BCUT2D eigenvalue weighted by molar-refractivity contribution is 0.0626. The van der Waals surface area contributed by atoms with Gasteiger partial charge in [0.05, 0.1) is 5.69 Å². The van der Waals surface area contributed by atoms with E-state index in [9.17, 15) is 4.79 Å². The highest BCUT2D eigenvalue weighted by atomic mass is 35.5. The number of piperidine rings is 2. The van der Waals surface area contributed by atoms with E-state index < -0.39 is 0 Å². The van der Waals surface area contributed by atoms with Crippen LogP contribution in [0.2, 0.25) is 5.02 Å². The van der Waals surface area contributed by atoms with Gasteiger partial charge in [-0.25, -0.2) is 4.98 Å². The fraction of sp³-hybridized carbons (Fsp3) is 0.565. The summed E-state index contributed by atoms with van der Waals surface area (Å²) in [5.41, 5.74) is 1.79. The van der Waals surface area contributed by atoms with Crippen molar-refractivity contribution < 1.29 is 4.79 Å². The summed E-state index contributed by atoms with van der Waals surface area (Å²) < 4.78 is 0. The topological polar surface area (TPSA) is 36.4 Å². The van der Waals surface area contributed by atoms with Gasteiger partial charge in [-0.05, 0) is 69.7 Å². The van der Waals surface area contributed by atoms with Crippen LogP contribution in [0.15, 0.2) is 24.3 Å². The van der Waals surface area contributed by atoms with E-state index in [-0.39, 0.29) is 5.91 Å². The number of hydrogen-bond donors (Lipinski definition) is 0. The Hall–Kier alpha value is -1.43. The highest BCUT2D eigenvalue weighted by Crippen LogP contribution is 2.31. The maximum Gasteiger partial charge on any atom is 0.265 e. The zero-order valence-electron chi connectivity index (χ0n) is 17.4. The Labute approximate surface area is 182 Å². The standard InChI is InChI=1S/C23H30ClN3OS/c1-16-8-11-26(12-9-16)14-18-5-4-10-27(15-18)23(28)21-17(2)25-22(29-21)19-6-3-7-20(24)13-19/h3,6-7,13,16,18H,4-5,8-12,14-15H2,1-2H3. The van der Waals surface area contributed by atoms with Crippen LogP contribution < -0.4 is 0 Å². The summed E-state index contributed by atoms with van der Waals surface area (Å²) in [5, 5.41) is 1.55. The third-order valence-corrected chi connectivity index (χ3v) is 7.69. The predicted octanol–water partition coefficient (Wildman–Crippen LogP) is 5.36. The Balaban J connectivity index is 1.42. The Morgan fingerprint density at radius 2 is 2.03 bits per heavy atom. The van der Waals surface area contributed by atoms with Gasteiger partial charge in [0.2, 0.25) is 0 Å². The molecule has 1 atom stereocenters. The first-order chi connectivity index (χ1) is 14.0. The lowest BCUT2D eigenvalue weighted by atomic mass is 9.94. The van der Waals surface area contributed by atoms with Crippen molar-refractivity contribution in [1.29, 1.82) is 0 Å². The highest BCUT2D eigenvalue weighted by Gasteiger charge is 2.29. The third-order valence-electron chi connectivity index (χ3n) is 6.26. The molecule has 1 aromatic carbocycles. The normalized spacial score (nSPS) is 21.5. The molecule has 6 heteroatoms. The quantitative estimate of drug-likeness (QED) is 0.654. The van der Waals surface area contributed by atoms with Crippen molar-refractivity contribution in [3.8, 4) is 10.6 Å². The van der Waals surface area contributed by atoms with Crippen LogP contribution in [0.5, 0.6) is 0 Å². The van der Waals surface area contributed by atoms with Gasteiger partial charge < -0.3 is 9.80 Å². The smallest absolute Gasteiger partial charge is 0.265 e. The molecule has 1 unspecified atom stereocenters. The minimum Gasteiger partial charge on any atom is -0.338 e. The van der Waals surface area contributed by atoms with Gasteiger partial charge in [-0.1, -0.05) is 30.7 Å². The van der Waals surface area contributed by atoms with E-state index in [1.54, 1.807) is 0 Å². The summed E-state index contributed by atoms with van der Waals surface area (Å²) in [6.45, 7) is 9.57. The first-order valence-electron chi connectivity index (χ1n) is 10.7. The third kappa shape index (κ3) is 5.01. The van der Waals surface area contributed by atoms with Gasteiger partial charge in [0, 0.05) is 30.2 Å². The fourth-order valence-corrected chi connectivity index (χ4v) is 5.71. The summed E-state index contributed by atoms with van der Waals surface area (Å²) in [4.78, 5) is 23.4. The summed E-state index contributed by atoms with van der Waals surface area (Å²) in [6, 6.07) is 7.68. The van der Waals surface area contributed by atoms with E-state index in [2.05, 4.69) is 21.7 Å². The largest absolute Gasteiger partial charge is 0.338 e. The summed E-state index contributed by atoms with van der Waals surface area (Å²) >= 11 is 7.62. The number of rotatable bonds is 4. The maximum absolute atomic E-state index is 13.3. The number of aromatic nitrogens is 1. The van der Waals surface area contributed by atoms with Crippen molar-refractivity contribution in [3.63, 3.8) is 0 Å². The Morgan fingerprint density at radius 1 is 1.24 bits per heavy atom. The molecule has 2 aromatic rings. The lowest BCUT2D eigenvalue weighted by Crippen LogP contribution is -2.45. The number of likely N-dealkylation sites (tertiary alicyclic amines) is 2. The van der Waals surface area contributed by atoms with E-state index in [0.29, 0.717) is 10.9 Å². The van der Waals surface area contributed by atoms with Gasteiger partial charge in [-0.3, -0.25) is 4.79 Å². The number of hydrogen-bond acceptors (Lipinski definition) is 4. The highest BCUT2D eigenvalue weighted by molar-refractivity contribution is 7.17. The molecule has 2 fully saturated rings. The van der Waals surface area contributed by atoms with Gasteiger partial charge >= 0.3 is 0 Å². The molecule has 0 N–H and O–H groups in total. The van der Waals surface area contributed by atoms with Crippen molar-refractivity contribution in [2.24, 2.45) is 11.8 Å². The van der Waals surface area contributed by atoms with Crippen molar-refractivity contribution >= 4 is 28.8 Å². The second-order valence-electron chi connectivity index (χ2n) is 8.69. The molecule has 4 nitrogen and oxygen atoms in total. The number of carbonyl (C=O) groups is 1. The van der Waals surface area contributed by atoms with Crippen molar-refractivity contribution in [3.05, 3.63) is 39.9 Å². The zero-order valence-corrected chi connectivity index (χ0v) is 18.9. The average molecular weight is 432 g/mol. The molecular weight excluding hydrogens is 402 g/mol. The molecule has 0 radical (unpaired) electrons. The molecule has 1 amide bonds. The Bertz CT molecular complexity index is 860. The molecule has 0 aliphatic carbocycles. The van der Waals surface area contributed by atoms with Crippen LogP contribution in [-0.2, 0) is 0 Å². The van der Waals surface area contributed by atoms with Crippen LogP contribution in [0.4, 0.5) is 0 Å². The molecule has 2 aliphatic rings. The van der Waals surface area contributed by atoms with E-state index >= 15 is 0 Å². The first kappa shape index (κ1) is 20.8. The number of carbonyl (C=O) groups excluding carboxylic acids is 1. The molecular formula is C23H30ClN3OS. The molecule has 2 saturated heterocycles. The number of thiazole rings is 1. The molecule has 1 aromatic heterocycles. The molecule has 29 heavy (non-hydrogen) atoms. The van der Waals surface area contributed by atoms with Crippen molar-refractivity contribution in [2.75, 3.05) is 32.7 Å². The van der Waals surface area contributed by atoms with E-state index in [1.807, 2.05) is 31.2 Å². The predicted molar refractivity (Wildman–Crippen MR) is 121 cm³/mol. The number of nitrogens with zero attached hydrogens (tertiary/aromatic N) is 3. The van der Waals surface area contributed by atoms with Crippen LogP contribution in [0.1, 0.15) is 48.0 Å². The molecule has 0 spiro atoms. The molecule has 0 saturated carbocycles. The van der Waals surface area contributed by atoms with Crippen molar-refractivity contribution in [1.82, 2.24) is 14.8 Å². The molecule has 3 heterocycles. The lowest BCUT2D eigenvalue weighted by Gasteiger charge is -2.37. The molecule has 156 valence electrons. The van der Waals surface area contributed by atoms with Crippen molar-refractivity contribution in [2.45, 2.75) is 39.5 Å². The monoisotopic (exact) mass is 431 g/mol. The van der Waals surface area contributed by atoms with Gasteiger partial charge in [0.1, 0.15) is 9.88 Å².